The third-order valence-electron chi connectivity index (χ3n) is 3.49. The number of aromatic nitrogens is 1. The van der Waals surface area contributed by atoms with Crippen molar-refractivity contribution in [3.63, 3.8) is 0 Å². The standard InChI is InChI=1S/C17H20N2O5/c1-5-12-15(10(2)24-19-12)17(21)23-11(3)16(20)18-13-8-6-7-9-14(13)22-4/h6-9,11H,5H2,1-4H3,(H,18,20)/t11-/m1/s1. The van der Waals surface area contributed by atoms with E-state index in [4.69, 9.17) is 14.0 Å². The molecule has 2 aromatic rings. The van der Waals surface area contributed by atoms with E-state index in [0.717, 1.165) is 0 Å². The zero-order chi connectivity index (χ0) is 17.7. The van der Waals surface area contributed by atoms with Gasteiger partial charge in [0.1, 0.15) is 17.1 Å². The molecule has 128 valence electrons. The third kappa shape index (κ3) is 3.73. The van der Waals surface area contributed by atoms with E-state index >= 15 is 0 Å². The van der Waals surface area contributed by atoms with Gasteiger partial charge in [-0.15, -0.1) is 0 Å². The van der Waals surface area contributed by atoms with Crippen molar-refractivity contribution in [3.05, 3.63) is 41.3 Å². The van der Waals surface area contributed by atoms with Gasteiger partial charge in [-0.25, -0.2) is 4.79 Å². The second kappa shape index (κ2) is 7.63. The Morgan fingerprint density at radius 1 is 1.33 bits per heavy atom. The number of nitrogens with one attached hydrogen (secondary N) is 1. The highest BCUT2D eigenvalue weighted by molar-refractivity contribution is 5.98. The largest absolute Gasteiger partial charge is 0.495 e. The van der Waals surface area contributed by atoms with Gasteiger partial charge in [-0.2, -0.15) is 0 Å². The van der Waals surface area contributed by atoms with E-state index < -0.39 is 18.0 Å². The number of hydrogen-bond donors (Lipinski definition) is 1. The number of carbonyl (C=O) groups excluding carboxylic acids is 2. The van der Waals surface area contributed by atoms with Gasteiger partial charge in [0.15, 0.2) is 6.10 Å². The summed E-state index contributed by atoms with van der Waals surface area (Å²) < 4.78 is 15.4. The maximum atomic E-state index is 12.3. The molecule has 1 aromatic heterocycles. The summed E-state index contributed by atoms with van der Waals surface area (Å²) in [5.74, 6) is -0.199. The van der Waals surface area contributed by atoms with Gasteiger partial charge in [-0.1, -0.05) is 24.2 Å². The smallest absolute Gasteiger partial charge is 0.344 e. The van der Waals surface area contributed by atoms with Crippen LogP contribution in [0.5, 0.6) is 5.75 Å². The lowest BCUT2D eigenvalue weighted by atomic mass is 10.1. The molecule has 0 fully saturated rings. The molecule has 1 amide bonds. The van der Waals surface area contributed by atoms with Crippen LogP contribution in [0.4, 0.5) is 5.69 Å². The van der Waals surface area contributed by atoms with Crippen LogP contribution in [0.3, 0.4) is 0 Å². The second-order valence-corrected chi connectivity index (χ2v) is 5.15. The zero-order valence-electron chi connectivity index (χ0n) is 14.1. The molecule has 1 N–H and O–H groups in total. The Bertz CT molecular complexity index is 738. The normalized spacial score (nSPS) is 11.7. The van der Waals surface area contributed by atoms with Crippen molar-refractivity contribution in [1.29, 1.82) is 0 Å². The lowest BCUT2D eigenvalue weighted by molar-refractivity contribution is -0.123. The number of benzene rings is 1. The van der Waals surface area contributed by atoms with Crippen molar-refractivity contribution >= 4 is 17.6 Å². The van der Waals surface area contributed by atoms with Gasteiger partial charge in [-0.05, 0) is 32.4 Å². The van der Waals surface area contributed by atoms with Crippen LogP contribution in [0.1, 0.15) is 35.7 Å². The van der Waals surface area contributed by atoms with E-state index in [1.807, 2.05) is 6.92 Å². The van der Waals surface area contributed by atoms with E-state index in [0.29, 0.717) is 29.3 Å². The maximum Gasteiger partial charge on any atom is 0.344 e. The van der Waals surface area contributed by atoms with E-state index in [9.17, 15) is 9.59 Å². The maximum absolute atomic E-state index is 12.3. The molecule has 1 aromatic carbocycles. The Hall–Kier alpha value is -2.83. The number of carbonyl (C=O) groups is 2. The van der Waals surface area contributed by atoms with Crippen molar-refractivity contribution < 1.29 is 23.6 Å². The average molecular weight is 332 g/mol. The molecule has 2 rings (SSSR count). The van der Waals surface area contributed by atoms with Crippen molar-refractivity contribution in [2.24, 2.45) is 0 Å². The molecule has 0 aliphatic rings. The molecule has 24 heavy (non-hydrogen) atoms. The quantitative estimate of drug-likeness (QED) is 0.818. The van der Waals surface area contributed by atoms with Gasteiger partial charge in [0, 0.05) is 0 Å². The van der Waals surface area contributed by atoms with Gasteiger partial charge in [0.05, 0.1) is 18.5 Å². The molecule has 1 heterocycles. The van der Waals surface area contributed by atoms with Crippen LogP contribution in [-0.4, -0.2) is 30.2 Å². The molecule has 7 heteroatoms. The van der Waals surface area contributed by atoms with E-state index in [1.54, 1.807) is 31.2 Å². The van der Waals surface area contributed by atoms with Crippen LogP contribution < -0.4 is 10.1 Å². The van der Waals surface area contributed by atoms with Crippen LogP contribution in [0.2, 0.25) is 0 Å². The van der Waals surface area contributed by atoms with Crippen molar-refractivity contribution in [2.75, 3.05) is 12.4 Å². The van der Waals surface area contributed by atoms with Crippen molar-refractivity contribution in [2.45, 2.75) is 33.3 Å². The number of esters is 1. The van der Waals surface area contributed by atoms with Crippen LogP contribution in [0, 0.1) is 6.92 Å². The third-order valence-corrected chi connectivity index (χ3v) is 3.49. The molecule has 7 nitrogen and oxygen atoms in total. The van der Waals surface area contributed by atoms with Gasteiger partial charge in [-0.3, -0.25) is 4.79 Å². The summed E-state index contributed by atoms with van der Waals surface area (Å²) in [6, 6.07) is 6.98. The van der Waals surface area contributed by atoms with E-state index in [2.05, 4.69) is 10.5 Å². The number of aryl methyl sites for hydroxylation is 2. The van der Waals surface area contributed by atoms with Crippen molar-refractivity contribution in [1.82, 2.24) is 5.16 Å². The molecule has 0 unspecified atom stereocenters. The fraction of sp³-hybridized carbons (Fsp3) is 0.353. The first-order valence-electron chi connectivity index (χ1n) is 7.57. The van der Waals surface area contributed by atoms with Gasteiger partial charge in [0.2, 0.25) is 0 Å². The second-order valence-electron chi connectivity index (χ2n) is 5.15. The van der Waals surface area contributed by atoms with E-state index in [1.165, 1.54) is 14.0 Å². The number of anilines is 1. The minimum Gasteiger partial charge on any atom is -0.495 e. The molecule has 0 bridgehead atoms. The highest BCUT2D eigenvalue weighted by Crippen LogP contribution is 2.23. The first-order valence-corrected chi connectivity index (χ1v) is 7.57. The lowest BCUT2D eigenvalue weighted by Gasteiger charge is -2.15. The number of hydrogen-bond acceptors (Lipinski definition) is 6. The number of ether oxygens (including phenoxy) is 2. The minimum absolute atomic E-state index is 0.273. The van der Waals surface area contributed by atoms with Gasteiger partial charge in [0.25, 0.3) is 5.91 Å². The lowest BCUT2D eigenvalue weighted by Crippen LogP contribution is -2.30. The monoisotopic (exact) mass is 332 g/mol. The topological polar surface area (TPSA) is 90.7 Å². The molecule has 0 saturated heterocycles. The molecule has 0 spiro atoms. The predicted octanol–water partition coefficient (Wildman–Crippen LogP) is 2.74. The van der Waals surface area contributed by atoms with Crippen molar-refractivity contribution in [3.8, 4) is 5.75 Å². The summed E-state index contributed by atoms with van der Waals surface area (Å²) in [7, 11) is 1.51. The molecule has 0 radical (unpaired) electrons. The molecule has 0 saturated carbocycles. The fourth-order valence-corrected chi connectivity index (χ4v) is 2.18. The Kier molecular flexibility index (Phi) is 5.57. The minimum atomic E-state index is -0.985. The summed E-state index contributed by atoms with van der Waals surface area (Å²) >= 11 is 0. The summed E-state index contributed by atoms with van der Waals surface area (Å²) in [6.45, 7) is 4.98. The molecule has 1 atom stereocenters. The fourth-order valence-electron chi connectivity index (χ4n) is 2.18. The number of para-hydroxylation sites is 2. The Labute approximate surface area is 139 Å². The SMILES string of the molecule is CCc1noc(C)c1C(=O)O[C@H](C)C(=O)Nc1ccccc1OC. The number of rotatable bonds is 6. The molecular weight excluding hydrogens is 312 g/mol. The number of nitrogens with zero attached hydrogens (tertiary/aromatic N) is 1. The van der Waals surface area contributed by atoms with Crippen LogP contribution >= 0.6 is 0 Å². The van der Waals surface area contributed by atoms with Crippen LogP contribution in [0.25, 0.3) is 0 Å². The van der Waals surface area contributed by atoms with Crippen LogP contribution in [-0.2, 0) is 16.0 Å². The highest BCUT2D eigenvalue weighted by atomic mass is 16.5. The zero-order valence-corrected chi connectivity index (χ0v) is 14.1. The average Bonchev–Trinajstić information content (AvgIpc) is 2.96. The molecule has 0 aliphatic heterocycles. The summed E-state index contributed by atoms with van der Waals surface area (Å²) in [5, 5.41) is 6.48. The highest BCUT2D eigenvalue weighted by Gasteiger charge is 2.25. The van der Waals surface area contributed by atoms with Crippen LogP contribution in [0.15, 0.2) is 28.8 Å². The first kappa shape index (κ1) is 17.5. The molecular formula is C17H20N2O5. The van der Waals surface area contributed by atoms with Gasteiger partial charge < -0.3 is 19.3 Å². The van der Waals surface area contributed by atoms with Gasteiger partial charge >= 0.3 is 5.97 Å². The summed E-state index contributed by atoms with van der Waals surface area (Å²) in [4.78, 5) is 24.5. The number of amides is 1. The Balaban J connectivity index is 2.06. The Morgan fingerprint density at radius 2 is 2.04 bits per heavy atom. The molecule has 0 aliphatic carbocycles. The summed E-state index contributed by atoms with van der Waals surface area (Å²) in [5.41, 5.74) is 1.28. The first-order chi connectivity index (χ1) is 11.5. The van der Waals surface area contributed by atoms with E-state index in [-0.39, 0.29) is 5.56 Å². The summed E-state index contributed by atoms with van der Waals surface area (Å²) in [6.07, 6.45) is -0.453. The predicted molar refractivity (Wildman–Crippen MR) is 87.1 cm³/mol. The Morgan fingerprint density at radius 3 is 2.71 bits per heavy atom. The number of methoxy groups -OCH3 is 1.